The third kappa shape index (κ3) is 2.84. The minimum Gasteiger partial charge on any atom is -0.313 e. The van der Waals surface area contributed by atoms with Crippen LogP contribution in [0.2, 0.25) is 0 Å². The predicted molar refractivity (Wildman–Crippen MR) is 72.9 cm³/mol. The summed E-state index contributed by atoms with van der Waals surface area (Å²) >= 11 is 0. The summed E-state index contributed by atoms with van der Waals surface area (Å²) in [4.78, 5) is 0. The molecule has 1 heterocycles. The molecule has 3 nitrogen and oxygen atoms in total. The van der Waals surface area contributed by atoms with Gasteiger partial charge in [-0.1, -0.05) is 6.92 Å². The Balaban J connectivity index is 1.87. The fourth-order valence-electron chi connectivity index (χ4n) is 2.22. The molecule has 0 radical (unpaired) electrons. The maximum Gasteiger partial charge on any atom is 0.125 e. The van der Waals surface area contributed by atoms with Crippen LogP contribution in [0.15, 0.2) is 30.5 Å². The molecule has 19 heavy (non-hydrogen) atoms. The summed E-state index contributed by atoms with van der Waals surface area (Å²) in [6, 6.07) is 7.11. The SMILES string of the molecule is CCNCc1cc(F)cc(-n2ccc(C3CC3)n2)c1. The van der Waals surface area contributed by atoms with Crippen molar-refractivity contribution in [1.82, 2.24) is 15.1 Å². The van der Waals surface area contributed by atoms with Crippen molar-refractivity contribution >= 4 is 0 Å². The third-order valence-corrected chi connectivity index (χ3v) is 3.39. The van der Waals surface area contributed by atoms with Crippen LogP contribution in [-0.2, 0) is 6.54 Å². The van der Waals surface area contributed by atoms with Crippen LogP contribution >= 0.6 is 0 Å². The average Bonchev–Trinajstić information content (AvgIpc) is 3.13. The molecule has 1 aliphatic rings. The summed E-state index contributed by atoms with van der Waals surface area (Å²) in [7, 11) is 0. The molecular weight excluding hydrogens is 241 g/mol. The van der Waals surface area contributed by atoms with Crippen molar-refractivity contribution < 1.29 is 4.39 Å². The van der Waals surface area contributed by atoms with Gasteiger partial charge in [0.2, 0.25) is 0 Å². The molecule has 0 saturated heterocycles. The number of benzene rings is 1. The zero-order valence-corrected chi connectivity index (χ0v) is 11.1. The van der Waals surface area contributed by atoms with Gasteiger partial charge in [0.1, 0.15) is 5.82 Å². The molecule has 0 spiro atoms. The zero-order valence-electron chi connectivity index (χ0n) is 11.1. The molecule has 1 aliphatic carbocycles. The van der Waals surface area contributed by atoms with Gasteiger partial charge in [0.05, 0.1) is 11.4 Å². The molecule has 1 N–H and O–H groups in total. The van der Waals surface area contributed by atoms with E-state index >= 15 is 0 Å². The summed E-state index contributed by atoms with van der Waals surface area (Å²) in [5.41, 5.74) is 2.86. The van der Waals surface area contributed by atoms with E-state index in [1.807, 2.05) is 25.3 Å². The molecule has 4 heteroatoms. The van der Waals surface area contributed by atoms with E-state index in [0.717, 1.165) is 23.5 Å². The second-order valence-electron chi connectivity index (χ2n) is 5.06. The Morgan fingerprint density at radius 1 is 1.37 bits per heavy atom. The van der Waals surface area contributed by atoms with E-state index < -0.39 is 0 Å². The molecule has 2 aromatic rings. The lowest BCUT2D eigenvalue weighted by molar-refractivity contribution is 0.619. The number of aromatic nitrogens is 2. The third-order valence-electron chi connectivity index (χ3n) is 3.39. The molecule has 1 aromatic heterocycles. The van der Waals surface area contributed by atoms with Crippen LogP contribution in [0.1, 0.15) is 36.9 Å². The van der Waals surface area contributed by atoms with E-state index in [9.17, 15) is 4.39 Å². The highest BCUT2D eigenvalue weighted by Gasteiger charge is 2.25. The normalized spacial score (nSPS) is 14.8. The highest BCUT2D eigenvalue weighted by Crippen LogP contribution is 2.39. The van der Waals surface area contributed by atoms with Crippen LogP contribution in [-0.4, -0.2) is 16.3 Å². The number of hydrogen-bond acceptors (Lipinski definition) is 2. The Hall–Kier alpha value is -1.68. The largest absolute Gasteiger partial charge is 0.313 e. The van der Waals surface area contributed by atoms with Gasteiger partial charge in [-0.05, 0) is 49.2 Å². The van der Waals surface area contributed by atoms with Gasteiger partial charge in [0.25, 0.3) is 0 Å². The molecule has 1 fully saturated rings. The van der Waals surface area contributed by atoms with Gasteiger partial charge >= 0.3 is 0 Å². The molecule has 1 aromatic carbocycles. The van der Waals surface area contributed by atoms with Gasteiger partial charge < -0.3 is 5.32 Å². The van der Waals surface area contributed by atoms with Crippen LogP contribution in [0.4, 0.5) is 4.39 Å². The lowest BCUT2D eigenvalue weighted by atomic mass is 10.2. The monoisotopic (exact) mass is 259 g/mol. The van der Waals surface area contributed by atoms with Gasteiger partial charge in [-0.25, -0.2) is 9.07 Å². The molecule has 100 valence electrons. The van der Waals surface area contributed by atoms with E-state index in [1.54, 1.807) is 10.7 Å². The number of hydrogen-bond donors (Lipinski definition) is 1. The van der Waals surface area contributed by atoms with Crippen molar-refractivity contribution in [3.8, 4) is 5.69 Å². The van der Waals surface area contributed by atoms with Crippen molar-refractivity contribution in [2.45, 2.75) is 32.2 Å². The van der Waals surface area contributed by atoms with Crippen LogP contribution in [0, 0.1) is 5.82 Å². The van der Waals surface area contributed by atoms with E-state index in [4.69, 9.17) is 0 Å². The van der Waals surface area contributed by atoms with Crippen molar-refractivity contribution in [3.05, 3.63) is 47.5 Å². The van der Waals surface area contributed by atoms with Crippen LogP contribution < -0.4 is 5.32 Å². The van der Waals surface area contributed by atoms with Crippen molar-refractivity contribution in [1.29, 1.82) is 0 Å². The van der Waals surface area contributed by atoms with Gasteiger partial charge in [-0.3, -0.25) is 0 Å². The first-order chi connectivity index (χ1) is 9.26. The summed E-state index contributed by atoms with van der Waals surface area (Å²) < 4.78 is 15.4. The van der Waals surface area contributed by atoms with Crippen LogP contribution in [0.3, 0.4) is 0 Å². The molecular formula is C15H18FN3. The van der Waals surface area contributed by atoms with Gasteiger partial charge in [0, 0.05) is 18.7 Å². The summed E-state index contributed by atoms with van der Waals surface area (Å²) in [5.74, 6) is 0.407. The Kier molecular flexibility index (Phi) is 3.34. The van der Waals surface area contributed by atoms with E-state index in [2.05, 4.69) is 10.4 Å². The Bertz CT molecular complexity index is 573. The lowest BCUT2D eigenvalue weighted by Gasteiger charge is -2.07. The Morgan fingerprint density at radius 3 is 2.95 bits per heavy atom. The predicted octanol–water partition coefficient (Wildman–Crippen LogP) is 3.00. The first kappa shape index (κ1) is 12.4. The number of halogens is 1. The quantitative estimate of drug-likeness (QED) is 0.894. The maximum absolute atomic E-state index is 13.6. The topological polar surface area (TPSA) is 29.9 Å². The fourth-order valence-corrected chi connectivity index (χ4v) is 2.22. The second-order valence-corrected chi connectivity index (χ2v) is 5.06. The number of nitrogens with one attached hydrogen (secondary N) is 1. The standard InChI is InChI=1S/C15H18FN3/c1-2-17-10-11-7-13(16)9-14(8-11)19-6-5-15(18-19)12-3-4-12/h5-9,12,17H,2-4,10H2,1H3. The summed E-state index contributed by atoms with van der Waals surface area (Å²) in [5, 5.41) is 7.74. The van der Waals surface area contributed by atoms with Crippen LogP contribution in [0.5, 0.6) is 0 Å². The van der Waals surface area contributed by atoms with E-state index in [1.165, 1.54) is 18.9 Å². The minimum absolute atomic E-state index is 0.214. The van der Waals surface area contributed by atoms with Gasteiger partial charge in [-0.15, -0.1) is 0 Å². The second kappa shape index (κ2) is 5.13. The lowest BCUT2D eigenvalue weighted by Crippen LogP contribution is -2.12. The zero-order chi connectivity index (χ0) is 13.2. The smallest absolute Gasteiger partial charge is 0.125 e. The molecule has 0 unspecified atom stereocenters. The number of nitrogens with zero attached hydrogens (tertiary/aromatic N) is 2. The first-order valence-electron chi connectivity index (χ1n) is 6.82. The molecule has 0 atom stereocenters. The average molecular weight is 259 g/mol. The van der Waals surface area contributed by atoms with Crippen LogP contribution in [0.25, 0.3) is 5.69 Å². The fraction of sp³-hybridized carbons (Fsp3) is 0.400. The van der Waals surface area contributed by atoms with Gasteiger partial charge in [-0.2, -0.15) is 5.10 Å². The first-order valence-corrected chi connectivity index (χ1v) is 6.82. The van der Waals surface area contributed by atoms with Crippen molar-refractivity contribution in [2.24, 2.45) is 0 Å². The summed E-state index contributed by atoms with van der Waals surface area (Å²) in [6.45, 7) is 3.59. The van der Waals surface area contributed by atoms with Crippen molar-refractivity contribution in [2.75, 3.05) is 6.54 Å². The van der Waals surface area contributed by atoms with E-state index in [-0.39, 0.29) is 5.82 Å². The molecule has 0 aliphatic heterocycles. The van der Waals surface area contributed by atoms with Gasteiger partial charge in [0.15, 0.2) is 0 Å². The molecule has 0 bridgehead atoms. The minimum atomic E-state index is -0.214. The molecule has 1 saturated carbocycles. The maximum atomic E-state index is 13.6. The van der Waals surface area contributed by atoms with E-state index in [0.29, 0.717) is 12.5 Å². The number of rotatable bonds is 5. The molecule has 3 rings (SSSR count). The highest BCUT2D eigenvalue weighted by atomic mass is 19.1. The Morgan fingerprint density at radius 2 is 2.21 bits per heavy atom. The molecule has 0 amide bonds. The summed E-state index contributed by atoms with van der Waals surface area (Å²) in [6.07, 6.45) is 4.37. The Labute approximate surface area is 112 Å². The van der Waals surface area contributed by atoms with Crippen molar-refractivity contribution in [3.63, 3.8) is 0 Å². The highest BCUT2D eigenvalue weighted by molar-refractivity contribution is 5.36.